The number of ether oxygens (including phenoxy) is 1. The smallest absolute Gasteiger partial charge is 0.329 e. The average Bonchev–Trinajstić information content (AvgIpc) is 2.96. The number of rotatable bonds is 6. The maximum Gasteiger partial charge on any atom is 0.329 e. The fourth-order valence-electron chi connectivity index (χ4n) is 3.42. The minimum Gasteiger partial charge on any atom is -0.454 e. The molecule has 8 heteroatoms. The Kier molecular flexibility index (Phi) is 5.87. The summed E-state index contributed by atoms with van der Waals surface area (Å²) in [5.41, 5.74) is 0.693. The third kappa shape index (κ3) is 4.11. The van der Waals surface area contributed by atoms with Crippen LogP contribution in [0.2, 0.25) is 0 Å². The van der Waals surface area contributed by atoms with E-state index in [-0.39, 0.29) is 24.2 Å². The molecule has 1 heterocycles. The van der Waals surface area contributed by atoms with Crippen LogP contribution in [0.15, 0.2) is 36.4 Å². The highest BCUT2D eigenvalue weighted by molar-refractivity contribution is 6.08. The van der Waals surface area contributed by atoms with E-state index in [1.165, 1.54) is 31.2 Å². The molecule has 1 aromatic rings. The van der Waals surface area contributed by atoms with Crippen molar-refractivity contribution in [2.24, 2.45) is 11.8 Å². The molecule has 0 bridgehead atoms. The second kappa shape index (κ2) is 8.33. The Morgan fingerprint density at radius 2 is 1.71 bits per heavy atom. The fourth-order valence-corrected chi connectivity index (χ4v) is 3.42. The zero-order valence-electron chi connectivity index (χ0n) is 15.4. The zero-order chi connectivity index (χ0) is 20.3. The van der Waals surface area contributed by atoms with Gasteiger partial charge in [0.2, 0.25) is 11.8 Å². The van der Waals surface area contributed by atoms with E-state index < -0.39 is 36.4 Å². The second-order valence-electron chi connectivity index (χ2n) is 6.89. The first-order valence-electron chi connectivity index (χ1n) is 9.08. The summed E-state index contributed by atoms with van der Waals surface area (Å²) in [5.74, 6) is -3.32. The molecule has 1 aliphatic carbocycles. The highest BCUT2D eigenvalue weighted by Gasteiger charge is 2.50. The van der Waals surface area contributed by atoms with Crippen molar-refractivity contribution < 1.29 is 28.3 Å². The maximum absolute atomic E-state index is 12.9. The molecular weight excluding hydrogens is 367 g/mol. The lowest BCUT2D eigenvalue weighted by molar-refractivity contribution is -0.159. The molecule has 0 aromatic heterocycles. The molecule has 28 heavy (non-hydrogen) atoms. The summed E-state index contributed by atoms with van der Waals surface area (Å²) in [6, 6.07) is 4.53. The van der Waals surface area contributed by atoms with E-state index in [2.05, 4.69) is 5.32 Å². The van der Waals surface area contributed by atoms with Crippen LogP contribution < -0.4 is 5.32 Å². The number of esters is 1. The lowest BCUT2D eigenvalue weighted by atomic mass is 9.85. The lowest BCUT2D eigenvalue weighted by Gasteiger charge is -2.21. The SMILES string of the molecule is C[C@H](C(=O)OCC(=O)NCc1ccc(F)cc1)N1C(=O)[C@H]2CC=CC[C@H]2C1=O. The standard InChI is InChI=1S/C20H21FN2O5/c1-12(23-18(25)15-4-2-3-5-16(15)19(23)26)20(27)28-11-17(24)22-10-13-6-8-14(21)9-7-13/h2-3,6-9,12,15-16H,4-5,10-11H2,1H3,(H,22,24)/t12-,15-,16+/m1/s1. The number of benzene rings is 1. The van der Waals surface area contributed by atoms with E-state index >= 15 is 0 Å². The van der Waals surface area contributed by atoms with E-state index in [9.17, 15) is 23.6 Å². The number of hydrogen-bond donors (Lipinski definition) is 1. The van der Waals surface area contributed by atoms with Crippen LogP contribution in [-0.4, -0.2) is 41.2 Å². The van der Waals surface area contributed by atoms with Crippen LogP contribution in [0.3, 0.4) is 0 Å². The number of allylic oxidation sites excluding steroid dienone is 2. The van der Waals surface area contributed by atoms with Crippen LogP contribution in [0.1, 0.15) is 25.3 Å². The van der Waals surface area contributed by atoms with Crippen molar-refractivity contribution in [3.63, 3.8) is 0 Å². The molecule has 2 aliphatic rings. The number of amides is 3. The number of halogens is 1. The van der Waals surface area contributed by atoms with Crippen LogP contribution in [0.4, 0.5) is 4.39 Å². The summed E-state index contributed by atoms with van der Waals surface area (Å²) in [6.07, 6.45) is 4.70. The highest BCUT2D eigenvalue weighted by atomic mass is 19.1. The fraction of sp³-hybridized carbons (Fsp3) is 0.400. The van der Waals surface area contributed by atoms with E-state index in [0.717, 1.165) is 4.90 Å². The first-order valence-corrected chi connectivity index (χ1v) is 9.08. The number of nitrogens with one attached hydrogen (secondary N) is 1. The summed E-state index contributed by atoms with van der Waals surface area (Å²) >= 11 is 0. The van der Waals surface area contributed by atoms with Gasteiger partial charge in [0, 0.05) is 6.54 Å². The number of carbonyl (C=O) groups is 4. The molecule has 1 aromatic carbocycles. The minimum absolute atomic E-state index is 0.158. The Bertz CT molecular complexity index is 794. The predicted octanol–water partition coefficient (Wildman–Crippen LogP) is 1.32. The number of fused-ring (bicyclic) bond motifs is 1. The predicted molar refractivity (Wildman–Crippen MR) is 95.9 cm³/mol. The molecule has 148 valence electrons. The van der Waals surface area contributed by atoms with Crippen LogP contribution in [-0.2, 0) is 30.5 Å². The number of hydrogen-bond acceptors (Lipinski definition) is 5. The van der Waals surface area contributed by atoms with Gasteiger partial charge < -0.3 is 10.1 Å². The molecule has 1 saturated heterocycles. The van der Waals surface area contributed by atoms with E-state index in [4.69, 9.17) is 4.74 Å². The largest absolute Gasteiger partial charge is 0.454 e. The molecular formula is C20H21FN2O5. The van der Waals surface area contributed by atoms with Gasteiger partial charge in [-0.25, -0.2) is 9.18 Å². The molecule has 0 spiro atoms. The van der Waals surface area contributed by atoms with Crippen molar-refractivity contribution in [2.75, 3.05) is 6.61 Å². The molecule has 0 radical (unpaired) electrons. The van der Waals surface area contributed by atoms with Crippen molar-refractivity contribution in [3.8, 4) is 0 Å². The van der Waals surface area contributed by atoms with E-state index in [1.807, 2.05) is 12.2 Å². The first-order chi connectivity index (χ1) is 13.4. The highest BCUT2D eigenvalue weighted by Crippen LogP contribution is 2.36. The van der Waals surface area contributed by atoms with Gasteiger partial charge in [0.05, 0.1) is 11.8 Å². The average molecular weight is 388 g/mol. The Balaban J connectivity index is 1.49. The summed E-state index contributed by atoms with van der Waals surface area (Å²) in [6.45, 7) is 1.04. The number of carbonyl (C=O) groups excluding carboxylic acids is 4. The van der Waals surface area contributed by atoms with Crippen molar-refractivity contribution in [2.45, 2.75) is 32.4 Å². The Hall–Kier alpha value is -3.03. The van der Waals surface area contributed by atoms with Gasteiger partial charge in [0.25, 0.3) is 5.91 Å². The summed E-state index contributed by atoms with van der Waals surface area (Å²) < 4.78 is 17.8. The second-order valence-corrected chi connectivity index (χ2v) is 6.89. The van der Waals surface area contributed by atoms with E-state index in [0.29, 0.717) is 18.4 Å². The molecule has 1 fully saturated rings. The Labute approximate surface area is 161 Å². The number of likely N-dealkylation sites (tertiary alicyclic amines) is 1. The molecule has 0 saturated carbocycles. The molecule has 3 atom stereocenters. The first kappa shape index (κ1) is 19.7. The molecule has 1 N–H and O–H groups in total. The van der Waals surface area contributed by atoms with Gasteiger partial charge in [-0.2, -0.15) is 0 Å². The summed E-state index contributed by atoms with van der Waals surface area (Å²) in [5, 5.41) is 2.55. The molecule has 3 rings (SSSR count). The quantitative estimate of drug-likeness (QED) is 0.451. The zero-order valence-corrected chi connectivity index (χ0v) is 15.4. The topological polar surface area (TPSA) is 92.8 Å². The summed E-state index contributed by atoms with van der Waals surface area (Å²) in [7, 11) is 0. The van der Waals surface area contributed by atoms with Gasteiger partial charge in [-0.1, -0.05) is 24.3 Å². The van der Waals surface area contributed by atoms with E-state index in [1.54, 1.807) is 0 Å². The number of nitrogens with zero attached hydrogens (tertiary/aromatic N) is 1. The van der Waals surface area contributed by atoms with Gasteiger partial charge >= 0.3 is 5.97 Å². The van der Waals surface area contributed by atoms with Crippen molar-refractivity contribution in [1.29, 1.82) is 0 Å². The monoisotopic (exact) mass is 388 g/mol. The lowest BCUT2D eigenvalue weighted by Crippen LogP contribution is -2.45. The Morgan fingerprint density at radius 1 is 1.14 bits per heavy atom. The van der Waals surface area contributed by atoms with Gasteiger partial charge in [-0.05, 0) is 37.5 Å². The summed E-state index contributed by atoms with van der Waals surface area (Å²) in [4.78, 5) is 50.0. The molecule has 7 nitrogen and oxygen atoms in total. The molecule has 1 aliphatic heterocycles. The van der Waals surface area contributed by atoms with Gasteiger partial charge in [-0.3, -0.25) is 19.3 Å². The van der Waals surface area contributed by atoms with Gasteiger partial charge in [0.15, 0.2) is 6.61 Å². The normalized spacial score (nSPS) is 22.0. The molecule has 0 unspecified atom stereocenters. The Morgan fingerprint density at radius 3 is 2.29 bits per heavy atom. The van der Waals surface area contributed by atoms with Gasteiger partial charge in [-0.15, -0.1) is 0 Å². The van der Waals surface area contributed by atoms with Crippen molar-refractivity contribution >= 4 is 23.7 Å². The van der Waals surface area contributed by atoms with Crippen molar-refractivity contribution in [1.82, 2.24) is 10.2 Å². The minimum atomic E-state index is -1.09. The third-order valence-electron chi connectivity index (χ3n) is 5.02. The third-order valence-corrected chi connectivity index (χ3v) is 5.02. The van der Waals surface area contributed by atoms with Crippen molar-refractivity contribution in [3.05, 3.63) is 47.8 Å². The van der Waals surface area contributed by atoms with Crippen LogP contribution >= 0.6 is 0 Å². The molecule has 3 amide bonds. The van der Waals surface area contributed by atoms with Crippen LogP contribution in [0, 0.1) is 17.7 Å². The van der Waals surface area contributed by atoms with Crippen LogP contribution in [0.25, 0.3) is 0 Å². The van der Waals surface area contributed by atoms with Gasteiger partial charge in [0.1, 0.15) is 11.9 Å². The van der Waals surface area contributed by atoms with Crippen LogP contribution in [0.5, 0.6) is 0 Å². The number of imide groups is 1. The maximum atomic E-state index is 12.9.